The van der Waals surface area contributed by atoms with Gasteiger partial charge >= 0.3 is 0 Å². The minimum atomic E-state index is -0.284. The van der Waals surface area contributed by atoms with Crippen molar-refractivity contribution in [1.82, 2.24) is 19.5 Å². The Kier molecular flexibility index (Phi) is 4.36. The Balaban J connectivity index is 1.51. The number of amides is 1. The lowest BCUT2D eigenvalue weighted by atomic mass is 9.89. The minimum Gasteiger partial charge on any atom is -0.336 e. The Labute approximate surface area is 155 Å². The van der Waals surface area contributed by atoms with Gasteiger partial charge in [0.25, 0.3) is 5.91 Å². The van der Waals surface area contributed by atoms with Crippen LogP contribution in [0.15, 0.2) is 36.5 Å². The maximum Gasteiger partial charge on any atom is 0.292 e. The number of hydrogen-bond donors (Lipinski definition) is 0. The topological polar surface area (TPSA) is 50.5 Å². The van der Waals surface area contributed by atoms with Crippen molar-refractivity contribution in [3.05, 3.63) is 64.3 Å². The first-order chi connectivity index (χ1) is 12.5. The number of aryl methyl sites for hydroxylation is 1. The second-order valence-corrected chi connectivity index (χ2v) is 7.10. The third-order valence-electron chi connectivity index (χ3n) is 4.92. The van der Waals surface area contributed by atoms with Crippen molar-refractivity contribution in [1.29, 1.82) is 0 Å². The zero-order valence-electron chi connectivity index (χ0n) is 14.3. The first-order valence-corrected chi connectivity index (χ1v) is 8.96. The molecule has 7 heteroatoms. The molecule has 3 heterocycles. The zero-order chi connectivity index (χ0) is 18.3. The summed E-state index contributed by atoms with van der Waals surface area (Å²) in [7, 11) is 0. The Hall–Kier alpha value is -2.47. The number of pyridine rings is 1. The Morgan fingerprint density at radius 3 is 2.73 bits per heavy atom. The Bertz CT molecular complexity index is 979. The largest absolute Gasteiger partial charge is 0.336 e. The number of fused-ring (bicyclic) bond motifs is 1. The molecule has 0 saturated carbocycles. The van der Waals surface area contributed by atoms with Gasteiger partial charge < -0.3 is 4.90 Å². The first-order valence-electron chi connectivity index (χ1n) is 8.58. The third-order valence-corrected chi connectivity index (χ3v) is 5.27. The van der Waals surface area contributed by atoms with Crippen LogP contribution in [-0.2, 0) is 0 Å². The minimum absolute atomic E-state index is 0.133. The average Bonchev–Trinajstić information content (AvgIpc) is 3.06. The number of likely N-dealkylation sites (tertiary alicyclic amines) is 1. The van der Waals surface area contributed by atoms with Gasteiger partial charge in [-0.1, -0.05) is 17.7 Å². The van der Waals surface area contributed by atoms with E-state index in [9.17, 15) is 9.18 Å². The molecule has 0 atom stereocenters. The monoisotopic (exact) mass is 372 g/mol. The number of rotatable bonds is 2. The summed E-state index contributed by atoms with van der Waals surface area (Å²) in [6.07, 6.45) is 3.34. The van der Waals surface area contributed by atoms with Gasteiger partial charge in [0.05, 0.1) is 0 Å². The second-order valence-electron chi connectivity index (χ2n) is 6.69. The fraction of sp³-hybridized carbons (Fsp3) is 0.316. The smallest absolute Gasteiger partial charge is 0.292 e. The molecule has 0 unspecified atom stereocenters. The van der Waals surface area contributed by atoms with E-state index >= 15 is 0 Å². The predicted octanol–water partition coefficient (Wildman–Crippen LogP) is 3.85. The van der Waals surface area contributed by atoms with Crippen LogP contribution in [0.25, 0.3) is 5.65 Å². The quantitative estimate of drug-likeness (QED) is 0.686. The van der Waals surface area contributed by atoms with E-state index in [-0.39, 0.29) is 17.6 Å². The fourth-order valence-electron chi connectivity index (χ4n) is 3.51. The van der Waals surface area contributed by atoms with Crippen LogP contribution in [0, 0.1) is 12.7 Å². The van der Waals surface area contributed by atoms with Crippen molar-refractivity contribution in [3.63, 3.8) is 0 Å². The van der Waals surface area contributed by atoms with Crippen molar-refractivity contribution in [3.8, 4) is 0 Å². The van der Waals surface area contributed by atoms with E-state index < -0.39 is 0 Å². The molecule has 1 amide bonds. The Morgan fingerprint density at radius 2 is 1.96 bits per heavy atom. The van der Waals surface area contributed by atoms with E-state index in [2.05, 4.69) is 10.2 Å². The van der Waals surface area contributed by atoms with E-state index in [1.165, 1.54) is 12.1 Å². The van der Waals surface area contributed by atoms with Gasteiger partial charge in [0, 0.05) is 24.3 Å². The average molecular weight is 373 g/mol. The number of hydrogen-bond acceptors (Lipinski definition) is 3. The molecule has 134 valence electrons. The van der Waals surface area contributed by atoms with Gasteiger partial charge in [0.2, 0.25) is 5.82 Å². The van der Waals surface area contributed by atoms with Crippen LogP contribution in [0.4, 0.5) is 4.39 Å². The summed E-state index contributed by atoms with van der Waals surface area (Å²) in [4.78, 5) is 14.6. The number of aromatic nitrogens is 3. The highest BCUT2D eigenvalue weighted by atomic mass is 35.5. The molecule has 1 aromatic carbocycles. The lowest BCUT2D eigenvalue weighted by Crippen LogP contribution is -2.38. The number of piperidine rings is 1. The van der Waals surface area contributed by atoms with Gasteiger partial charge in [0.1, 0.15) is 5.82 Å². The molecular formula is C19H18ClFN4O. The van der Waals surface area contributed by atoms with Crippen molar-refractivity contribution >= 4 is 23.2 Å². The van der Waals surface area contributed by atoms with Crippen molar-refractivity contribution in [2.24, 2.45) is 0 Å². The van der Waals surface area contributed by atoms with Crippen LogP contribution in [0.2, 0.25) is 5.02 Å². The van der Waals surface area contributed by atoms with E-state index in [4.69, 9.17) is 11.6 Å². The normalized spacial score (nSPS) is 15.6. The van der Waals surface area contributed by atoms with Gasteiger partial charge in [-0.2, -0.15) is 0 Å². The van der Waals surface area contributed by atoms with Gasteiger partial charge in [-0.25, -0.2) is 4.39 Å². The summed E-state index contributed by atoms with van der Waals surface area (Å²) >= 11 is 6.22. The maximum atomic E-state index is 13.5. The van der Waals surface area contributed by atoms with Crippen molar-refractivity contribution in [2.75, 3.05) is 13.1 Å². The molecule has 0 spiro atoms. The highest BCUT2D eigenvalue weighted by molar-refractivity contribution is 6.31. The van der Waals surface area contributed by atoms with Gasteiger partial charge in [0.15, 0.2) is 5.65 Å². The lowest BCUT2D eigenvalue weighted by molar-refractivity contribution is 0.0699. The number of nitrogens with zero attached hydrogens (tertiary/aromatic N) is 4. The van der Waals surface area contributed by atoms with Crippen LogP contribution >= 0.6 is 11.6 Å². The fourth-order valence-corrected chi connectivity index (χ4v) is 3.78. The number of benzene rings is 1. The van der Waals surface area contributed by atoms with Crippen LogP contribution in [0.5, 0.6) is 0 Å². The Morgan fingerprint density at radius 1 is 1.19 bits per heavy atom. The van der Waals surface area contributed by atoms with E-state index in [1.807, 2.05) is 25.3 Å². The van der Waals surface area contributed by atoms with Crippen LogP contribution in [-0.4, -0.2) is 38.5 Å². The van der Waals surface area contributed by atoms with Crippen LogP contribution < -0.4 is 0 Å². The molecule has 0 radical (unpaired) electrons. The SMILES string of the molecule is Cc1ccc2nnc(C(=O)N3CCC(c4cc(F)ccc4Cl)CC3)n2c1. The molecule has 2 aromatic heterocycles. The molecule has 1 saturated heterocycles. The first kappa shape index (κ1) is 17.0. The van der Waals surface area contributed by atoms with Gasteiger partial charge in [-0.05, 0) is 61.1 Å². The maximum absolute atomic E-state index is 13.5. The molecular weight excluding hydrogens is 355 g/mol. The molecule has 0 N–H and O–H groups in total. The van der Waals surface area contributed by atoms with Gasteiger partial charge in [-0.3, -0.25) is 9.20 Å². The number of halogens is 2. The predicted molar refractivity (Wildman–Crippen MR) is 97.0 cm³/mol. The van der Waals surface area contributed by atoms with Crippen LogP contribution in [0.1, 0.15) is 40.5 Å². The molecule has 4 rings (SSSR count). The highest BCUT2D eigenvalue weighted by Gasteiger charge is 2.28. The summed E-state index contributed by atoms with van der Waals surface area (Å²) in [5.41, 5.74) is 2.51. The summed E-state index contributed by atoms with van der Waals surface area (Å²) < 4.78 is 15.3. The van der Waals surface area contributed by atoms with Gasteiger partial charge in [-0.15, -0.1) is 10.2 Å². The molecule has 5 nitrogen and oxygen atoms in total. The molecule has 0 bridgehead atoms. The molecule has 26 heavy (non-hydrogen) atoms. The molecule has 1 fully saturated rings. The van der Waals surface area contributed by atoms with E-state index in [1.54, 1.807) is 15.4 Å². The summed E-state index contributed by atoms with van der Waals surface area (Å²) in [5, 5.41) is 8.71. The third kappa shape index (κ3) is 3.05. The van der Waals surface area contributed by atoms with Crippen LogP contribution in [0.3, 0.4) is 0 Å². The zero-order valence-corrected chi connectivity index (χ0v) is 15.1. The van der Waals surface area contributed by atoms with E-state index in [0.29, 0.717) is 29.6 Å². The summed E-state index contributed by atoms with van der Waals surface area (Å²) in [6.45, 7) is 3.12. The number of carbonyl (C=O) groups is 1. The molecule has 3 aromatic rings. The number of carbonyl (C=O) groups excluding carboxylic acids is 1. The lowest BCUT2D eigenvalue weighted by Gasteiger charge is -2.32. The summed E-state index contributed by atoms with van der Waals surface area (Å²) in [5.74, 6) is 0.0608. The van der Waals surface area contributed by atoms with Crippen molar-refractivity contribution in [2.45, 2.75) is 25.7 Å². The molecule has 1 aliphatic rings. The standard InChI is InChI=1S/C19H18ClFN4O/c1-12-2-5-17-22-23-18(25(17)11-12)19(26)24-8-6-13(7-9-24)15-10-14(21)3-4-16(15)20/h2-5,10-11,13H,6-9H2,1H3. The highest BCUT2D eigenvalue weighted by Crippen LogP contribution is 2.33. The second kappa shape index (κ2) is 6.68. The van der Waals surface area contributed by atoms with E-state index in [0.717, 1.165) is 24.0 Å². The van der Waals surface area contributed by atoms with Crippen molar-refractivity contribution < 1.29 is 9.18 Å². The molecule has 1 aliphatic heterocycles. The summed E-state index contributed by atoms with van der Waals surface area (Å²) in [6, 6.07) is 8.24. The molecule has 0 aliphatic carbocycles.